The lowest BCUT2D eigenvalue weighted by molar-refractivity contribution is 0.150. The predicted octanol–water partition coefficient (Wildman–Crippen LogP) is 3.90. The molecule has 0 amide bonds. The average molecular weight is 290 g/mol. The minimum absolute atomic E-state index is 0.0275. The molecule has 2 heteroatoms. The molecule has 0 aliphatic heterocycles. The molecule has 0 saturated heterocycles. The fourth-order valence-electron chi connectivity index (χ4n) is 3.64. The predicted molar refractivity (Wildman–Crippen MR) is 87.4 cm³/mol. The summed E-state index contributed by atoms with van der Waals surface area (Å²) in [4.78, 5) is 0. The number of aliphatic hydroxyl groups is 2. The molecule has 0 atom stereocenters. The van der Waals surface area contributed by atoms with Gasteiger partial charge in [-0.05, 0) is 55.1 Å². The van der Waals surface area contributed by atoms with Crippen LogP contribution >= 0.6 is 0 Å². The fraction of sp³-hybridized carbons (Fsp3) is 0.684. The van der Waals surface area contributed by atoms with Crippen molar-refractivity contribution in [2.24, 2.45) is 11.8 Å². The molecule has 0 bridgehead atoms. The lowest BCUT2D eigenvalue weighted by atomic mass is 9.77. The van der Waals surface area contributed by atoms with Crippen LogP contribution in [0.2, 0.25) is 0 Å². The van der Waals surface area contributed by atoms with Crippen molar-refractivity contribution < 1.29 is 10.2 Å². The van der Waals surface area contributed by atoms with Crippen LogP contribution in [0.3, 0.4) is 0 Å². The Balaban J connectivity index is 1.88. The van der Waals surface area contributed by atoms with Crippen LogP contribution < -0.4 is 0 Å². The Labute approximate surface area is 129 Å². The second-order valence-corrected chi connectivity index (χ2v) is 6.68. The minimum Gasteiger partial charge on any atom is -0.396 e. The first kappa shape index (κ1) is 16.5. The maximum absolute atomic E-state index is 9.15. The van der Waals surface area contributed by atoms with Gasteiger partial charge in [-0.15, -0.1) is 0 Å². The van der Waals surface area contributed by atoms with E-state index >= 15 is 0 Å². The highest BCUT2D eigenvalue weighted by molar-refractivity contribution is 5.26. The molecule has 0 radical (unpaired) electrons. The van der Waals surface area contributed by atoms with Crippen molar-refractivity contribution in [1.29, 1.82) is 0 Å². The third-order valence-electron chi connectivity index (χ3n) is 5.04. The topological polar surface area (TPSA) is 40.5 Å². The van der Waals surface area contributed by atoms with E-state index in [-0.39, 0.29) is 19.1 Å². The molecule has 2 nitrogen and oxygen atoms in total. The number of hydrogen-bond donors (Lipinski definition) is 2. The molecule has 1 aliphatic carbocycles. The van der Waals surface area contributed by atoms with Crippen molar-refractivity contribution in [2.75, 3.05) is 13.2 Å². The van der Waals surface area contributed by atoms with Gasteiger partial charge >= 0.3 is 0 Å². The van der Waals surface area contributed by atoms with Crippen LogP contribution in [-0.4, -0.2) is 23.4 Å². The van der Waals surface area contributed by atoms with Crippen LogP contribution in [-0.2, 0) is 6.42 Å². The number of benzene rings is 1. The molecule has 2 N–H and O–H groups in total. The van der Waals surface area contributed by atoms with Crippen LogP contribution in [0, 0.1) is 11.8 Å². The van der Waals surface area contributed by atoms with Crippen LogP contribution in [0.25, 0.3) is 0 Å². The molecule has 1 aromatic carbocycles. The Kier molecular flexibility index (Phi) is 6.72. The van der Waals surface area contributed by atoms with Gasteiger partial charge in [-0.25, -0.2) is 0 Å². The Bertz CT molecular complexity index is 387. The first-order valence-corrected chi connectivity index (χ1v) is 8.57. The Hall–Kier alpha value is -0.860. The SMILES string of the molecule is CCCC1CCC(c2ccc(CC(CO)CO)cc2)CC1. The summed E-state index contributed by atoms with van der Waals surface area (Å²) in [5, 5.41) is 18.3. The third kappa shape index (κ3) is 4.82. The van der Waals surface area contributed by atoms with E-state index < -0.39 is 0 Å². The van der Waals surface area contributed by atoms with Crippen molar-refractivity contribution in [3.63, 3.8) is 0 Å². The van der Waals surface area contributed by atoms with Gasteiger partial charge in [-0.3, -0.25) is 0 Å². The molecular formula is C19H30O2. The van der Waals surface area contributed by atoms with Gasteiger partial charge in [0.05, 0.1) is 0 Å². The Morgan fingerprint density at radius 3 is 2.14 bits per heavy atom. The minimum atomic E-state index is -0.0275. The van der Waals surface area contributed by atoms with E-state index in [1.165, 1.54) is 49.7 Å². The zero-order valence-corrected chi connectivity index (χ0v) is 13.3. The van der Waals surface area contributed by atoms with Crippen molar-refractivity contribution >= 4 is 0 Å². The van der Waals surface area contributed by atoms with Crippen molar-refractivity contribution in [3.05, 3.63) is 35.4 Å². The van der Waals surface area contributed by atoms with E-state index in [1.807, 2.05) is 0 Å². The van der Waals surface area contributed by atoms with E-state index in [9.17, 15) is 0 Å². The Morgan fingerprint density at radius 2 is 1.62 bits per heavy atom. The normalized spacial score (nSPS) is 22.7. The summed E-state index contributed by atoms with van der Waals surface area (Å²) >= 11 is 0. The molecule has 1 aromatic rings. The highest BCUT2D eigenvalue weighted by atomic mass is 16.3. The van der Waals surface area contributed by atoms with Crippen LogP contribution in [0.15, 0.2) is 24.3 Å². The van der Waals surface area contributed by atoms with Gasteiger partial charge in [0.25, 0.3) is 0 Å². The standard InChI is InChI=1S/C19H30O2/c1-2-3-15-4-8-18(9-5-15)19-10-6-16(7-11-19)12-17(13-20)14-21/h6-7,10-11,15,17-18,20-21H,2-5,8-9,12-14H2,1H3. The van der Waals surface area contributed by atoms with Crippen molar-refractivity contribution in [1.82, 2.24) is 0 Å². The smallest absolute Gasteiger partial charge is 0.0484 e. The van der Waals surface area contributed by atoms with Crippen molar-refractivity contribution in [3.8, 4) is 0 Å². The van der Waals surface area contributed by atoms with Gasteiger partial charge < -0.3 is 10.2 Å². The molecular weight excluding hydrogens is 260 g/mol. The zero-order chi connectivity index (χ0) is 15.1. The molecule has 1 fully saturated rings. The number of rotatable bonds is 7. The second kappa shape index (κ2) is 8.55. The number of aliphatic hydroxyl groups excluding tert-OH is 2. The van der Waals surface area contributed by atoms with Gasteiger partial charge in [0.15, 0.2) is 0 Å². The van der Waals surface area contributed by atoms with Crippen LogP contribution in [0.4, 0.5) is 0 Å². The number of hydrogen-bond acceptors (Lipinski definition) is 2. The lowest BCUT2D eigenvalue weighted by Gasteiger charge is -2.28. The maximum atomic E-state index is 9.15. The summed E-state index contributed by atoms with van der Waals surface area (Å²) in [6.07, 6.45) is 8.92. The van der Waals surface area contributed by atoms with Gasteiger partial charge in [0.1, 0.15) is 0 Å². The summed E-state index contributed by atoms with van der Waals surface area (Å²) in [6, 6.07) is 8.86. The van der Waals surface area contributed by atoms with E-state index in [0.717, 1.165) is 18.3 Å². The molecule has 0 unspecified atom stereocenters. The highest BCUT2D eigenvalue weighted by Crippen LogP contribution is 2.37. The van der Waals surface area contributed by atoms with E-state index in [1.54, 1.807) is 0 Å². The first-order valence-electron chi connectivity index (χ1n) is 8.57. The van der Waals surface area contributed by atoms with E-state index in [2.05, 4.69) is 31.2 Å². The molecule has 0 spiro atoms. The molecule has 1 aliphatic rings. The quantitative estimate of drug-likeness (QED) is 0.799. The third-order valence-corrected chi connectivity index (χ3v) is 5.04. The monoisotopic (exact) mass is 290 g/mol. The summed E-state index contributed by atoms with van der Waals surface area (Å²) in [7, 11) is 0. The van der Waals surface area contributed by atoms with Gasteiger partial charge in [-0.2, -0.15) is 0 Å². The molecule has 1 saturated carbocycles. The van der Waals surface area contributed by atoms with Crippen LogP contribution in [0.1, 0.15) is 62.5 Å². The highest BCUT2D eigenvalue weighted by Gasteiger charge is 2.21. The van der Waals surface area contributed by atoms with Gasteiger partial charge in [-0.1, -0.05) is 44.0 Å². The summed E-state index contributed by atoms with van der Waals surface area (Å²) in [5.41, 5.74) is 2.68. The van der Waals surface area contributed by atoms with Crippen LogP contribution in [0.5, 0.6) is 0 Å². The van der Waals surface area contributed by atoms with E-state index in [0.29, 0.717) is 0 Å². The zero-order valence-electron chi connectivity index (χ0n) is 13.3. The maximum Gasteiger partial charge on any atom is 0.0484 e. The molecule has 2 rings (SSSR count). The lowest BCUT2D eigenvalue weighted by Crippen LogP contribution is -2.14. The molecule has 21 heavy (non-hydrogen) atoms. The fourth-order valence-corrected chi connectivity index (χ4v) is 3.64. The first-order chi connectivity index (χ1) is 10.3. The van der Waals surface area contributed by atoms with E-state index in [4.69, 9.17) is 10.2 Å². The summed E-state index contributed by atoms with van der Waals surface area (Å²) in [5.74, 6) is 1.67. The summed E-state index contributed by atoms with van der Waals surface area (Å²) < 4.78 is 0. The Morgan fingerprint density at radius 1 is 1.00 bits per heavy atom. The molecule has 0 aromatic heterocycles. The summed E-state index contributed by atoms with van der Waals surface area (Å²) in [6.45, 7) is 2.40. The molecule has 118 valence electrons. The van der Waals surface area contributed by atoms with Gasteiger partial charge in [0.2, 0.25) is 0 Å². The van der Waals surface area contributed by atoms with Crippen molar-refractivity contribution in [2.45, 2.75) is 57.8 Å². The average Bonchev–Trinajstić information content (AvgIpc) is 2.54. The van der Waals surface area contributed by atoms with Gasteiger partial charge in [0, 0.05) is 19.1 Å². The molecule has 0 heterocycles. The largest absolute Gasteiger partial charge is 0.396 e. The second-order valence-electron chi connectivity index (χ2n) is 6.68.